The van der Waals surface area contributed by atoms with Crippen molar-refractivity contribution in [2.75, 3.05) is 19.5 Å². The van der Waals surface area contributed by atoms with Gasteiger partial charge in [-0.25, -0.2) is 0 Å². The van der Waals surface area contributed by atoms with Crippen molar-refractivity contribution >= 4 is 28.6 Å². The number of rotatable bonds is 5. The summed E-state index contributed by atoms with van der Waals surface area (Å²) in [6, 6.07) is 13.1. The number of fused-ring (bicyclic) bond motifs is 1. The van der Waals surface area contributed by atoms with Gasteiger partial charge in [0.2, 0.25) is 0 Å². The van der Waals surface area contributed by atoms with Crippen LogP contribution in [-0.2, 0) is 0 Å². The summed E-state index contributed by atoms with van der Waals surface area (Å²) in [7, 11) is 3.12. The van der Waals surface area contributed by atoms with E-state index in [9.17, 15) is 4.79 Å². The number of carbonyl (C=O) groups excluding carboxylic acids is 1. The number of aromatic nitrogens is 1. The first-order valence-electron chi connectivity index (χ1n) is 8.21. The van der Waals surface area contributed by atoms with Crippen molar-refractivity contribution in [2.45, 2.75) is 6.92 Å². The van der Waals surface area contributed by atoms with Crippen molar-refractivity contribution in [3.63, 3.8) is 0 Å². The number of amides is 1. The van der Waals surface area contributed by atoms with Crippen LogP contribution in [0.5, 0.6) is 11.5 Å². The highest BCUT2D eigenvalue weighted by atomic mass is 16.5. The molecular weight excluding hydrogens is 328 g/mol. The van der Waals surface area contributed by atoms with E-state index in [0.29, 0.717) is 22.7 Å². The highest BCUT2D eigenvalue weighted by Gasteiger charge is 2.15. The second kappa shape index (κ2) is 7.70. The summed E-state index contributed by atoms with van der Waals surface area (Å²) >= 11 is 0. The molecule has 0 aliphatic rings. The normalized spacial score (nSPS) is 10.9. The molecule has 26 heavy (non-hydrogen) atoms. The lowest BCUT2D eigenvalue weighted by Crippen LogP contribution is -2.13. The minimum atomic E-state index is -0.242. The van der Waals surface area contributed by atoms with Gasteiger partial charge in [-0.3, -0.25) is 9.78 Å². The Hall–Kier alpha value is -3.34. The second-order valence-electron chi connectivity index (χ2n) is 5.67. The van der Waals surface area contributed by atoms with E-state index in [4.69, 9.17) is 9.47 Å². The molecule has 1 N–H and O–H groups in total. The Morgan fingerprint density at radius 2 is 1.92 bits per heavy atom. The molecule has 5 heteroatoms. The van der Waals surface area contributed by atoms with Crippen molar-refractivity contribution in [3.05, 3.63) is 65.9 Å². The van der Waals surface area contributed by atoms with Crippen LogP contribution < -0.4 is 14.8 Å². The average molecular weight is 348 g/mol. The summed E-state index contributed by atoms with van der Waals surface area (Å²) in [4.78, 5) is 17.1. The lowest BCUT2D eigenvalue weighted by Gasteiger charge is -2.13. The first-order chi connectivity index (χ1) is 12.7. The summed E-state index contributed by atoms with van der Waals surface area (Å²) in [5.41, 5.74) is 2.77. The van der Waals surface area contributed by atoms with Gasteiger partial charge in [-0.2, -0.15) is 0 Å². The molecule has 1 aromatic heterocycles. The molecule has 0 unspecified atom stereocenters. The summed E-state index contributed by atoms with van der Waals surface area (Å²) in [5, 5.41) is 3.85. The predicted octanol–water partition coefficient (Wildman–Crippen LogP) is 4.54. The number of ether oxygens (including phenoxy) is 2. The van der Waals surface area contributed by atoms with E-state index in [1.54, 1.807) is 32.5 Å². The fourth-order valence-corrected chi connectivity index (χ4v) is 2.77. The first-order valence-corrected chi connectivity index (χ1v) is 8.21. The molecule has 3 rings (SSSR count). The second-order valence-corrected chi connectivity index (χ2v) is 5.67. The van der Waals surface area contributed by atoms with Gasteiger partial charge in [0.05, 0.1) is 31.6 Å². The van der Waals surface area contributed by atoms with E-state index < -0.39 is 0 Å². The van der Waals surface area contributed by atoms with Crippen molar-refractivity contribution < 1.29 is 14.3 Å². The standard InChI is InChI=1S/C21H20N2O3/c1-4-7-15-10-16(12-19(25-2)20(15)26-3)21(24)23-17-11-14-8-5-6-9-18(14)22-13-17/h4-13H,1-3H3,(H,23,24)/b7-4-. The highest BCUT2D eigenvalue weighted by molar-refractivity contribution is 6.05. The Labute approximate surface area is 152 Å². The van der Waals surface area contributed by atoms with Crippen LogP contribution in [0.3, 0.4) is 0 Å². The Morgan fingerprint density at radius 1 is 1.12 bits per heavy atom. The quantitative estimate of drug-likeness (QED) is 0.735. The molecule has 0 aliphatic heterocycles. The van der Waals surface area contributed by atoms with E-state index in [-0.39, 0.29) is 5.91 Å². The lowest BCUT2D eigenvalue weighted by molar-refractivity contribution is 0.102. The molecule has 0 atom stereocenters. The van der Waals surface area contributed by atoms with Gasteiger partial charge < -0.3 is 14.8 Å². The number of carbonyl (C=O) groups is 1. The van der Waals surface area contributed by atoms with Gasteiger partial charge >= 0.3 is 0 Å². The summed E-state index contributed by atoms with van der Waals surface area (Å²) in [6.45, 7) is 1.90. The zero-order valence-electron chi connectivity index (χ0n) is 14.9. The summed E-state index contributed by atoms with van der Waals surface area (Å²) < 4.78 is 10.8. The van der Waals surface area contributed by atoms with Crippen LogP contribution in [0.2, 0.25) is 0 Å². The Morgan fingerprint density at radius 3 is 2.65 bits per heavy atom. The average Bonchev–Trinajstić information content (AvgIpc) is 2.67. The van der Waals surface area contributed by atoms with Gasteiger partial charge in [-0.05, 0) is 31.2 Å². The Balaban J connectivity index is 1.94. The maximum absolute atomic E-state index is 12.7. The molecule has 0 fully saturated rings. The molecule has 5 nitrogen and oxygen atoms in total. The van der Waals surface area contributed by atoms with Crippen LogP contribution in [0.25, 0.3) is 17.0 Å². The van der Waals surface area contributed by atoms with Gasteiger partial charge in [-0.15, -0.1) is 0 Å². The highest BCUT2D eigenvalue weighted by Crippen LogP contribution is 2.33. The third-order valence-corrected chi connectivity index (χ3v) is 3.96. The molecule has 0 aliphatic carbocycles. The minimum absolute atomic E-state index is 0.242. The van der Waals surface area contributed by atoms with Gasteiger partial charge in [0.25, 0.3) is 5.91 Å². The molecule has 132 valence electrons. The lowest BCUT2D eigenvalue weighted by atomic mass is 10.1. The summed E-state index contributed by atoms with van der Waals surface area (Å²) in [6.07, 6.45) is 5.40. The van der Waals surface area contributed by atoms with Crippen LogP contribution in [-0.4, -0.2) is 25.1 Å². The number of hydrogen-bond donors (Lipinski definition) is 1. The molecule has 1 heterocycles. The van der Waals surface area contributed by atoms with Crippen LogP contribution in [0, 0.1) is 0 Å². The fraction of sp³-hybridized carbons (Fsp3) is 0.143. The predicted molar refractivity (Wildman–Crippen MR) is 104 cm³/mol. The smallest absolute Gasteiger partial charge is 0.255 e. The molecule has 1 amide bonds. The number of anilines is 1. The number of methoxy groups -OCH3 is 2. The number of para-hydroxylation sites is 1. The van der Waals surface area contributed by atoms with Crippen LogP contribution in [0.4, 0.5) is 5.69 Å². The molecule has 0 saturated heterocycles. The minimum Gasteiger partial charge on any atom is -0.493 e. The van der Waals surface area contributed by atoms with Crippen LogP contribution in [0.1, 0.15) is 22.8 Å². The maximum atomic E-state index is 12.7. The topological polar surface area (TPSA) is 60.5 Å². The van der Waals surface area contributed by atoms with Crippen molar-refractivity contribution in [1.29, 1.82) is 0 Å². The van der Waals surface area contributed by atoms with E-state index in [1.807, 2.05) is 49.4 Å². The molecule has 2 aromatic carbocycles. The van der Waals surface area contributed by atoms with Crippen molar-refractivity contribution in [1.82, 2.24) is 4.98 Å². The van der Waals surface area contributed by atoms with Crippen LogP contribution in [0.15, 0.2) is 54.7 Å². The Bertz CT molecular complexity index is 980. The SMILES string of the molecule is C/C=C\c1cc(C(=O)Nc2cnc3ccccc3c2)cc(OC)c1OC. The zero-order chi connectivity index (χ0) is 18.5. The third kappa shape index (κ3) is 3.52. The number of benzene rings is 2. The first kappa shape index (κ1) is 17.5. The summed E-state index contributed by atoms with van der Waals surface area (Å²) in [5.74, 6) is 0.855. The zero-order valence-corrected chi connectivity index (χ0v) is 14.9. The fourth-order valence-electron chi connectivity index (χ4n) is 2.77. The number of hydrogen-bond acceptors (Lipinski definition) is 4. The number of allylic oxidation sites excluding steroid dienone is 1. The van der Waals surface area contributed by atoms with E-state index in [2.05, 4.69) is 10.3 Å². The molecular formula is C21H20N2O3. The molecule has 0 radical (unpaired) electrons. The van der Waals surface area contributed by atoms with Gasteiger partial charge in [0, 0.05) is 16.5 Å². The number of nitrogens with one attached hydrogen (secondary N) is 1. The Kier molecular flexibility index (Phi) is 5.17. The van der Waals surface area contributed by atoms with Gasteiger partial charge in [0.15, 0.2) is 11.5 Å². The third-order valence-electron chi connectivity index (χ3n) is 3.96. The number of pyridine rings is 1. The van der Waals surface area contributed by atoms with Crippen molar-refractivity contribution in [3.8, 4) is 11.5 Å². The van der Waals surface area contributed by atoms with Gasteiger partial charge in [0.1, 0.15) is 0 Å². The molecule has 3 aromatic rings. The van der Waals surface area contributed by atoms with E-state index >= 15 is 0 Å². The largest absolute Gasteiger partial charge is 0.493 e. The maximum Gasteiger partial charge on any atom is 0.255 e. The van der Waals surface area contributed by atoms with E-state index in [0.717, 1.165) is 16.5 Å². The van der Waals surface area contributed by atoms with Crippen molar-refractivity contribution in [2.24, 2.45) is 0 Å². The molecule has 0 saturated carbocycles. The molecule has 0 bridgehead atoms. The van der Waals surface area contributed by atoms with E-state index in [1.165, 1.54) is 0 Å². The monoisotopic (exact) mass is 348 g/mol. The molecule has 0 spiro atoms. The van der Waals surface area contributed by atoms with Gasteiger partial charge in [-0.1, -0.05) is 30.4 Å². The number of nitrogens with zero attached hydrogens (tertiary/aromatic N) is 1. The van der Waals surface area contributed by atoms with Crippen LogP contribution >= 0.6 is 0 Å².